The highest BCUT2D eigenvalue weighted by atomic mass is 16.4. The van der Waals surface area contributed by atoms with Crippen LogP contribution in [0.4, 0.5) is 0 Å². The summed E-state index contributed by atoms with van der Waals surface area (Å²) in [5.74, 6) is -0.625. The Hall–Kier alpha value is -2.38. The molecule has 2 rings (SSSR count). The van der Waals surface area contributed by atoms with Crippen molar-refractivity contribution in [1.29, 1.82) is 0 Å². The van der Waals surface area contributed by atoms with E-state index in [2.05, 4.69) is 25.7 Å². The van der Waals surface area contributed by atoms with E-state index in [1.54, 1.807) is 19.9 Å². The van der Waals surface area contributed by atoms with Crippen molar-refractivity contribution in [3.63, 3.8) is 0 Å². The molecule has 8 heteroatoms. The molecule has 18 heavy (non-hydrogen) atoms. The molecule has 0 saturated heterocycles. The molecule has 0 bridgehead atoms. The Morgan fingerprint density at radius 3 is 2.72 bits per heavy atom. The van der Waals surface area contributed by atoms with Crippen LogP contribution in [-0.4, -0.2) is 41.5 Å². The minimum absolute atomic E-state index is 0.375. The number of carboxylic acids is 1. The standard InChI is InChI=1S/C10H12N6O2/c1-5-4-8(6(2)12-11-5)9-13-14-15-16(9)7(3)10(17)18/h4,7H,1-3H3,(H,17,18). The normalized spacial score (nSPS) is 12.4. The average molecular weight is 248 g/mol. The molecule has 0 aliphatic carbocycles. The summed E-state index contributed by atoms with van der Waals surface area (Å²) in [5, 5.41) is 28.0. The lowest BCUT2D eigenvalue weighted by molar-refractivity contribution is -0.140. The Morgan fingerprint density at radius 2 is 2.06 bits per heavy atom. The predicted molar refractivity (Wildman–Crippen MR) is 60.7 cm³/mol. The number of rotatable bonds is 3. The molecular weight excluding hydrogens is 236 g/mol. The summed E-state index contributed by atoms with van der Waals surface area (Å²) >= 11 is 0. The van der Waals surface area contributed by atoms with Crippen LogP contribution in [0, 0.1) is 13.8 Å². The molecule has 0 radical (unpaired) electrons. The van der Waals surface area contributed by atoms with Crippen LogP contribution < -0.4 is 0 Å². The van der Waals surface area contributed by atoms with E-state index in [9.17, 15) is 4.79 Å². The van der Waals surface area contributed by atoms with Gasteiger partial charge in [0, 0.05) is 5.56 Å². The first-order valence-electron chi connectivity index (χ1n) is 5.32. The van der Waals surface area contributed by atoms with E-state index in [4.69, 9.17) is 5.11 Å². The van der Waals surface area contributed by atoms with Crippen LogP contribution in [0.5, 0.6) is 0 Å². The monoisotopic (exact) mass is 248 g/mol. The largest absolute Gasteiger partial charge is 0.480 e. The van der Waals surface area contributed by atoms with Crippen LogP contribution in [0.1, 0.15) is 24.4 Å². The minimum Gasteiger partial charge on any atom is -0.480 e. The van der Waals surface area contributed by atoms with Gasteiger partial charge in [0.1, 0.15) is 0 Å². The van der Waals surface area contributed by atoms with Crippen molar-refractivity contribution in [2.24, 2.45) is 0 Å². The van der Waals surface area contributed by atoms with Gasteiger partial charge < -0.3 is 5.11 Å². The lowest BCUT2D eigenvalue weighted by Crippen LogP contribution is -2.18. The number of carbonyl (C=O) groups is 1. The Bertz CT molecular complexity index is 594. The van der Waals surface area contributed by atoms with Crippen molar-refractivity contribution in [2.75, 3.05) is 0 Å². The zero-order valence-electron chi connectivity index (χ0n) is 10.2. The Labute approximate surface area is 103 Å². The maximum atomic E-state index is 11.0. The maximum absolute atomic E-state index is 11.0. The van der Waals surface area contributed by atoms with Gasteiger partial charge in [-0.05, 0) is 37.3 Å². The third-order valence-electron chi connectivity index (χ3n) is 2.56. The summed E-state index contributed by atoms with van der Waals surface area (Å²) in [6.07, 6.45) is 0. The maximum Gasteiger partial charge on any atom is 0.328 e. The van der Waals surface area contributed by atoms with Crippen LogP contribution in [0.2, 0.25) is 0 Å². The van der Waals surface area contributed by atoms with Crippen LogP contribution in [-0.2, 0) is 4.79 Å². The third kappa shape index (κ3) is 2.04. The van der Waals surface area contributed by atoms with Gasteiger partial charge in [0.25, 0.3) is 0 Å². The number of hydrogen-bond donors (Lipinski definition) is 1. The SMILES string of the molecule is Cc1cc(-c2nnnn2C(C)C(=O)O)c(C)nn1. The Morgan fingerprint density at radius 1 is 1.33 bits per heavy atom. The summed E-state index contributed by atoms with van der Waals surface area (Å²) in [5.41, 5.74) is 2.04. The van der Waals surface area contributed by atoms with Crippen molar-refractivity contribution in [3.05, 3.63) is 17.5 Å². The summed E-state index contributed by atoms with van der Waals surface area (Å²) in [6, 6.07) is 0.932. The summed E-state index contributed by atoms with van der Waals surface area (Å²) < 4.78 is 1.26. The first-order chi connectivity index (χ1) is 8.50. The summed E-state index contributed by atoms with van der Waals surface area (Å²) in [6.45, 7) is 5.08. The van der Waals surface area contributed by atoms with Crippen molar-refractivity contribution < 1.29 is 9.90 Å². The lowest BCUT2D eigenvalue weighted by atomic mass is 10.2. The smallest absolute Gasteiger partial charge is 0.328 e. The van der Waals surface area contributed by atoms with Crippen molar-refractivity contribution in [1.82, 2.24) is 30.4 Å². The lowest BCUT2D eigenvalue weighted by Gasteiger charge is -2.09. The molecule has 0 amide bonds. The molecule has 0 aliphatic heterocycles. The van der Waals surface area contributed by atoms with E-state index < -0.39 is 12.0 Å². The van der Waals surface area contributed by atoms with Crippen molar-refractivity contribution in [2.45, 2.75) is 26.8 Å². The molecule has 0 aromatic carbocycles. The number of hydrogen-bond acceptors (Lipinski definition) is 6. The zero-order valence-corrected chi connectivity index (χ0v) is 10.2. The molecule has 8 nitrogen and oxygen atoms in total. The fourth-order valence-electron chi connectivity index (χ4n) is 1.51. The molecule has 2 heterocycles. The number of carboxylic acid groups (broad SMARTS) is 1. The molecule has 0 spiro atoms. The zero-order chi connectivity index (χ0) is 13.3. The van der Waals surface area contributed by atoms with E-state index in [0.29, 0.717) is 22.8 Å². The highest BCUT2D eigenvalue weighted by Crippen LogP contribution is 2.21. The van der Waals surface area contributed by atoms with E-state index in [1.165, 1.54) is 11.6 Å². The molecule has 1 atom stereocenters. The minimum atomic E-state index is -1.00. The highest BCUT2D eigenvalue weighted by molar-refractivity contribution is 5.72. The predicted octanol–water partition coefficient (Wildman–Crippen LogP) is 0.393. The number of aliphatic carboxylic acids is 1. The van der Waals surface area contributed by atoms with Gasteiger partial charge in [-0.25, -0.2) is 9.48 Å². The average Bonchev–Trinajstić information content (AvgIpc) is 2.80. The third-order valence-corrected chi connectivity index (χ3v) is 2.56. The second-order valence-electron chi connectivity index (χ2n) is 3.95. The van der Waals surface area contributed by atoms with Crippen LogP contribution in [0.3, 0.4) is 0 Å². The van der Waals surface area contributed by atoms with Crippen LogP contribution in [0.15, 0.2) is 6.07 Å². The van der Waals surface area contributed by atoms with Gasteiger partial charge in [-0.15, -0.1) is 5.10 Å². The van der Waals surface area contributed by atoms with Gasteiger partial charge in [-0.1, -0.05) is 0 Å². The van der Waals surface area contributed by atoms with Crippen LogP contribution >= 0.6 is 0 Å². The molecule has 94 valence electrons. The Balaban J connectivity index is 2.55. The summed E-state index contributed by atoms with van der Waals surface area (Å²) in [4.78, 5) is 11.0. The molecule has 2 aromatic rings. The molecule has 0 saturated carbocycles. The van der Waals surface area contributed by atoms with Gasteiger partial charge in [0.05, 0.1) is 11.4 Å². The van der Waals surface area contributed by atoms with Crippen molar-refractivity contribution >= 4 is 5.97 Å². The fourth-order valence-corrected chi connectivity index (χ4v) is 1.51. The van der Waals surface area contributed by atoms with E-state index in [0.717, 1.165) is 0 Å². The van der Waals surface area contributed by atoms with Crippen LogP contribution in [0.25, 0.3) is 11.4 Å². The number of nitrogens with zero attached hydrogens (tertiary/aromatic N) is 6. The highest BCUT2D eigenvalue weighted by Gasteiger charge is 2.21. The molecule has 0 fully saturated rings. The topological polar surface area (TPSA) is 107 Å². The summed E-state index contributed by atoms with van der Waals surface area (Å²) in [7, 11) is 0. The van der Waals surface area contributed by atoms with E-state index in [-0.39, 0.29) is 0 Å². The number of aryl methyl sites for hydroxylation is 2. The van der Waals surface area contributed by atoms with Gasteiger partial charge >= 0.3 is 5.97 Å². The molecule has 1 N–H and O–H groups in total. The van der Waals surface area contributed by atoms with Gasteiger partial charge in [0.2, 0.25) is 0 Å². The van der Waals surface area contributed by atoms with Gasteiger partial charge in [0.15, 0.2) is 11.9 Å². The fraction of sp³-hybridized carbons (Fsp3) is 0.400. The van der Waals surface area contributed by atoms with Crippen molar-refractivity contribution in [3.8, 4) is 11.4 Å². The quantitative estimate of drug-likeness (QED) is 0.837. The molecule has 1 unspecified atom stereocenters. The van der Waals surface area contributed by atoms with E-state index in [1.807, 2.05) is 0 Å². The molecule has 0 aliphatic rings. The second-order valence-corrected chi connectivity index (χ2v) is 3.95. The second kappa shape index (κ2) is 4.47. The molecular formula is C10H12N6O2. The number of tetrazole rings is 1. The van der Waals surface area contributed by atoms with Gasteiger partial charge in [-0.3, -0.25) is 0 Å². The Kier molecular flexibility index (Phi) is 3.00. The first-order valence-corrected chi connectivity index (χ1v) is 5.32. The first kappa shape index (κ1) is 12.1. The number of aromatic nitrogens is 6. The van der Waals surface area contributed by atoms with Gasteiger partial charge in [-0.2, -0.15) is 10.2 Å². The van der Waals surface area contributed by atoms with E-state index >= 15 is 0 Å². The molecule has 2 aromatic heterocycles.